The summed E-state index contributed by atoms with van der Waals surface area (Å²) in [5.74, 6) is 1.08. The third kappa shape index (κ3) is 2.36. The van der Waals surface area contributed by atoms with Crippen LogP contribution in [0.3, 0.4) is 0 Å². The Bertz CT molecular complexity index is 778. The first kappa shape index (κ1) is 16.0. The Hall–Kier alpha value is -1.49. The molecule has 2 aromatic rings. The maximum Gasteiger partial charge on any atom is 0.316 e. The van der Waals surface area contributed by atoms with Crippen molar-refractivity contribution < 1.29 is 9.68 Å². The average molecular weight is 360 g/mol. The van der Waals surface area contributed by atoms with Gasteiger partial charge in [-0.25, -0.2) is 4.58 Å². The van der Waals surface area contributed by atoms with E-state index < -0.39 is 5.72 Å². The highest BCUT2D eigenvalue weighted by molar-refractivity contribution is 8.14. The number of para-hydroxylation sites is 1. The lowest BCUT2D eigenvalue weighted by molar-refractivity contribution is -0.569. The number of rotatable bonds is 2. The number of benzene rings is 2. The number of aliphatic hydroxyl groups is 1. The van der Waals surface area contributed by atoms with Crippen molar-refractivity contribution in [1.82, 2.24) is 0 Å². The van der Waals surface area contributed by atoms with Crippen LogP contribution in [0.15, 0.2) is 54.6 Å². The summed E-state index contributed by atoms with van der Waals surface area (Å²) in [6.45, 7) is 3.08. The van der Waals surface area contributed by atoms with Crippen LogP contribution in [0.5, 0.6) is 0 Å². The monoisotopic (exact) mass is 359 g/mol. The molecule has 24 heavy (non-hydrogen) atoms. The molecule has 5 heteroatoms. The van der Waals surface area contributed by atoms with E-state index >= 15 is 0 Å². The highest BCUT2D eigenvalue weighted by atomic mass is 35.5. The Labute approximate surface area is 151 Å². The van der Waals surface area contributed by atoms with Crippen molar-refractivity contribution in [3.05, 3.63) is 65.2 Å². The molecule has 0 bridgehead atoms. The number of thioether (sulfide) groups is 1. The van der Waals surface area contributed by atoms with Gasteiger partial charge in [-0.05, 0) is 49.4 Å². The lowest BCUT2D eigenvalue weighted by Crippen LogP contribution is -2.50. The second-order valence-corrected chi connectivity index (χ2v) is 7.76. The van der Waals surface area contributed by atoms with Crippen molar-refractivity contribution in [1.29, 1.82) is 0 Å². The second kappa shape index (κ2) is 6.10. The zero-order chi connectivity index (χ0) is 16.7. The van der Waals surface area contributed by atoms with E-state index in [-0.39, 0.29) is 6.04 Å². The Morgan fingerprint density at radius 3 is 2.58 bits per heavy atom. The van der Waals surface area contributed by atoms with E-state index in [0.29, 0.717) is 5.02 Å². The Balaban J connectivity index is 1.89. The van der Waals surface area contributed by atoms with Crippen LogP contribution in [-0.4, -0.2) is 33.2 Å². The van der Waals surface area contributed by atoms with E-state index in [1.54, 1.807) is 0 Å². The fourth-order valence-corrected chi connectivity index (χ4v) is 5.00. The maximum atomic E-state index is 11.9. The van der Waals surface area contributed by atoms with Gasteiger partial charge in [0, 0.05) is 16.3 Å². The van der Waals surface area contributed by atoms with Gasteiger partial charge in [-0.1, -0.05) is 41.9 Å². The molecule has 0 spiro atoms. The van der Waals surface area contributed by atoms with Gasteiger partial charge in [0.2, 0.25) is 0 Å². The fourth-order valence-electron chi connectivity index (χ4n) is 3.63. The molecule has 0 saturated heterocycles. The molecule has 2 aromatic carbocycles. The number of halogens is 1. The molecule has 2 heterocycles. The van der Waals surface area contributed by atoms with Crippen LogP contribution in [0.1, 0.15) is 18.9 Å². The predicted molar refractivity (Wildman–Crippen MR) is 101 cm³/mol. The average Bonchev–Trinajstić information content (AvgIpc) is 2.85. The van der Waals surface area contributed by atoms with E-state index in [2.05, 4.69) is 28.5 Å². The fraction of sp³-hybridized carbons (Fsp3) is 0.316. The second-order valence-electron chi connectivity index (χ2n) is 6.26. The van der Waals surface area contributed by atoms with E-state index in [9.17, 15) is 5.11 Å². The van der Waals surface area contributed by atoms with Crippen LogP contribution in [0, 0.1) is 0 Å². The van der Waals surface area contributed by atoms with Crippen molar-refractivity contribution in [2.75, 3.05) is 17.2 Å². The van der Waals surface area contributed by atoms with Crippen molar-refractivity contribution >= 4 is 34.2 Å². The molecule has 0 fully saturated rings. The third-order valence-corrected chi connectivity index (χ3v) is 6.31. The number of anilines is 1. The summed E-state index contributed by atoms with van der Waals surface area (Å²) in [6, 6.07) is 17.6. The smallest absolute Gasteiger partial charge is 0.316 e. The van der Waals surface area contributed by atoms with Crippen molar-refractivity contribution in [3.63, 3.8) is 0 Å². The molecule has 124 valence electrons. The summed E-state index contributed by atoms with van der Waals surface area (Å²) in [5.41, 5.74) is 0.762. The highest BCUT2D eigenvalue weighted by Gasteiger charge is 2.60. The Morgan fingerprint density at radius 1 is 1.17 bits per heavy atom. The summed E-state index contributed by atoms with van der Waals surface area (Å²) in [5, 5.41) is 13.7. The van der Waals surface area contributed by atoms with Gasteiger partial charge < -0.3 is 5.11 Å². The van der Waals surface area contributed by atoms with E-state index in [1.807, 2.05) is 54.2 Å². The lowest BCUT2D eigenvalue weighted by Gasteiger charge is -2.31. The number of nitrogens with zero attached hydrogens (tertiary/aromatic N) is 2. The number of hydrogen-bond donors (Lipinski definition) is 1. The Kier molecular flexibility index (Phi) is 4.07. The van der Waals surface area contributed by atoms with Gasteiger partial charge in [-0.3, -0.25) is 0 Å². The molecular weight excluding hydrogens is 340 g/mol. The minimum atomic E-state index is -1.11. The summed E-state index contributed by atoms with van der Waals surface area (Å²) >= 11 is 7.88. The summed E-state index contributed by atoms with van der Waals surface area (Å²) < 4.78 is 2.33. The summed E-state index contributed by atoms with van der Waals surface area (Å²) in [7, 11) is 0. The first-order chi connectivity index (χ1) is 11.6. The summed E-state index contributed by atoms with van der Waals surface area (Å²) in [6.07, 6.45) is 1.14. The van der Waals surface area contributed by atoms with Gasteiger partial charge in [-0.2, -0.15) is 4.90 Å². The first-order valence-electron chi connectivity index (χ1n) is 8.22. The van der Waals surface area contributed by atoms with Crippen molar-refractivity contribution in [2.45, 2.75) is 25.1 Å². The molecule has 3 nitrogen and oxygen atoms in total. The molecule has 2 aliphatic heterocycles. The quantitative estimate of drug-likeness (QED) is 0.824. The molecule has 1 N–H and O–H groups in total. The zero-order valence-electron chi connectivity index (χ0n) is 13.5. The lowest BCUT2D eigenvalue weighted by atomic mass is 9.94. The molecule has 0 aromatic heterocycles. The highest BCUT2D eigenvalue weighted by Crippen LogP contribution is 2.43. The van der Waals surface area contributed by atoms with Gasteiger partial charge in [0.15, 0.2) is 6.04 Å². The molecule has 4 rings (SSSR count). The van der Waals surface area contributed by atoms with Crippen LogP contribution >= 0.6 is 23.4 Å². The van der Waals surface area contributed by atoms with Crippen LogP contribution in [0.25, 0.3) is 0 Å². The van der Waals surface area contributed by atoms with Crippen molar-refractivity contribution in [2.24, 2.45) is 0 Å². The topological polar surface area (TPSA) is 26.5 Å². The molecule has 2 atom stereocenters. The van der Waals surface area contributed by atoms with Crippen LogP contribution in [0.4, 0.5) is 5.69 Å². The van der Waals surface area contributed by atoms with Gasteiger partial charge in [-0.15, -0.1) is 0 Å². The molecular formula is C19H20ClN2OS+. The van der Waals surface area contributed by atoms with E-state index in [1.165, 1.54) is 0 Å². The molecule has 0 aliphatic carbocycles. The number of hydrogen-bond acceptors (Lipinski definition) is 3. The third-order valence-electron chi connectivity index (χ3n) is 4.89. The van der Waals surface area contributed by atoms with Crippen molar-refractivity contribution in [3.8, 4) is 0 Å². The largest absolute Gasteiger partial charge is 0.346 e. The number of amidine groups is 1. The minimum absolute atomic E-state index is 0.0401. The van der Waals surface area contributed by atoms with Gasteiger partial charge in [0.1, 0.15) is 5.69 Å². The SMILES string of the molecule is CC1[N+]2=C(SCCC2)N(c2ccccc2)C1(O)c1ccc(Cl)cc1. The van der Waals surface area contributed by atoms with Crippen LogP contribution in [0.2, 0.25) is 5.02 Å². The predicted octanol–water partition coefficient (Wildman–Crippen LogP) is 3.90. The molecule has 0 amide bonds. The molecule has 0 radical (unpaired) electrons. The van der Waals surface area contributed by atoms with E-state index in [4.69, 9.17) is 11.6 Å². The molecule has 0 saturated carbocycles. The maximum absolute atomic E-state index is 11.9. The van der Waals surface area contributed by atoms with E-state index in [0.717, 1.165) is 35.1 Å². The molecule has 2 unspecified atom stereocenters. The zero-order valence-corrected chi connectivity index (χ0v) is 15.1. The van der Waals surface area contributed by atoms with Crippen LogP contribution in [-0.2, 0) is 5.72 Å². The summed E-state index contributed by atoms with van der Waals surface area (Å²) in [4.78, 5) is 2.09. The van der Waals surface area contributed by atoms with Gasteiger partial charge >= 0.3 is 5.17 Å². The standard InChI is InChI=1S/C19H20ClN2OS/c1-14-19(23,15-8-10-16(20)11-9-15)22(17-6-3-2-4-7-17)18-21(14)12-5-13-24-18/h2-4,6-11,14,23H,5,12-13H2,1H3/q+1. The molecule has 2 aliphatic rings. The minimum Gasteiger partial charge on any atom is -0.346 e. The van der Waals surface area contributed by atoms with Gasteiger partial charge in [0.05, 0.1) is 6.54 Å². The normalized spacial score (nSPS) is 26.6. The van der Waals surface area contributed by atoms with Crippen LogP contribution < -0.4 is 4.90 Å². The Morgan fingerprint density at radius 2 is 1.88 bits per heavy atom. The first-order valence-corrected chi connectivity index (χ1v) is 9.59. The van der Waals surface area contributed by atoms with Gasteiger partial charge in [0.25, 0.3) is 5.72 Å².